The molecule has 0 aliphatic carbocycles. The van der Waals surface area contributed by atoms with E-state index < -0.39 is 10.0 Å². The Morgan fingerprint density at radius 2 is 2.29 bits per heavy atom. The van der Waals surface area contributed by atoms with Gasteiger partial charge in [-0.3, -0.25) is 0 Å². The second-order valence-corrected chi connectivity index (χ2v) is 6.32. The van der Waals surface area contributed by atoms with Crippen LogP contribution in [-0.4, -0.2) is 36.8 Å². The summed E-state index contributed by atoms with van der Waals surface area (Å²) >= 11 is 5.86. The molecule has 7 heteroatoms. The first-order valence-corrected chi connectivity index (χ1v) is 7.20. The van der Waals surface area contributed by atoms with Crippen molar-refractivity contribution in [2.45, 2.75) is 23.9 Å². The van der Waals surface area contributed by atoms with E-state index in [9.17, 15) is 8.42 Å². The van der Waals surface area contributed by atoms with Crippen LogP contribution in [-0.2, 0) is 10.0 Å². The highest BCUT2D eigenvalue weighted by Crippen LogP contribution is 2.24. The normalized spacial score (nSPS) is 22.6. The Morgan fingerprint density at radius 3 is 2.94 bits per heavy atom. The minimum Gasteiger partial charge on any atom is -0.327 e. The molecule has 0 amide bonds. The van der Waals surface area contributed by atoms with Crippen molar-refractivity contribution in [1.29, 1.82) is 0 Å². The first-order valence-electron chi connectivity index (χ1n) is 5.38. The maximum Gasteiger partial charge on any atom is 0.262 e. The number of hydrogen-bond acceptors (Lipinski definition) is 4. The maximum atomic E-state index is 12.3. The van der Waals surface area contributed by atoms with Crippen LogP contribution >= 0.6 is 11.6 Å². The molecule has 0 bridgehead atoms. The van der Waals surface area contributed by atoms with Gasteiger partial charge in [0, 0.05) is 25.3 Å². The van der Waals surface area contributed by atoms with Crippen LogP contribution in [0.15, 0.2) is 23.4 Å². The van der Waals surface area contributed by atoms with E-state index in [2.05, 4.69) is 4.98 Å². The summed E-state index contributed by atoms with van der Waals surface area (Å²) in [7, 11) is -3.62. The molecular formula is C10H14ClN3O2S. The van der Waals surface area contributed by atoms with Crippen LogP contribution in [0.3, 0.4) is 0 Å². The lowest BCUT2D eigenvalue weighted by atomic mass is 10.1. The third kappa shape index (κ3) is 2.60. The quantitative estimate of drug-likeness (QED) is 0.868. The number of sulfonamides is 1. The molecule has 2 heterocycles. The average molecular weight is 276 g/mol. The van der Waals surface area contributed by atoms with Crippen LogP contribution in [0.2, 0.25) is 5.02 Å². The Kier molecular flexibility index (Phi) is 3.67. The van der Waals surface area contributed by atoms with Crippen molar-refractivity contribution in [3.05, 3.63) is 23.4 Å². The average Bonchev–Trinajstić information content (AvgIpc) is 2.29. The lowest BCUT2D eigenvalue weighted by molar-refractivity contribution is 0.315. The van der Waals surface area contributed by atoms with Crippen LogP contribution in [0.4, 0.5) is 0 Å². The highest BCUT2D eigenvalue weighted by atomic mass is 35.5. The highest BCUT2D eigenvalue weighted by Gasteiger charge is 2.31. The topological polar surface area (TPSA) is 76.3 Å². The number of aromatic nitrogens is 1. The summed E-state index contributed by atoms with van der Waals surface area (Å²) in [5, 5.41) is 0.0578. The van der Waals surface area contributed by atoms with Crippen LogP contribution in [0.25, 0.3) is 0 Å². The van der Waals surface area contributed by atoms with Gasteiger partial charge in [-0.2, -0.15) is 4.31 Å². The maximum absolute atomic E-state index is 12.3. The van der Waals surface area contributed by atoms with Crippen molar-refractivity contribution in [2.75, 3.05) is 13.1 Å². The molecule has 17 heavy (non-hydrogen) atoms. The number of nitrogens with two attached hydrogens (primary N) is 1. The van der Waals surface area contributed by atoms with E-state index in [1.807, 2.05) is 0 Å². The lowest BCUT2D eigenvalue weighted by Gasteiger charge is -2.29. The van der Waals surface area contributed by atoms with Gasteiger partial charge in [-0.05, 0) is 25.0 Å². The Hall–Kier alpha value is -0.690. The van der Waals surface area contributed by atoms with E-state index in [4.69, 9.17) is 17.3 Å². The molecule has 0 aromatic carbocycles. The molecule has 2 N–H and O–H groups in total. The fourth-order valence-corrected chi connectivity index (χ4v) is 3.80. The SMILES string of the molecule is N[C@H]1CCCN(S(=O)(=O)c2ncccc2Cl)C1. The third-order valence-corrected chi connectivity index (χ3v) is 4.97. The Morgan fingerprint density at radius 1 is 1.53 bits per heavy atom. The molecular weight excluding hydrogens is 262 g/mol. The van der Waals surface area contributed by atoms with E-state index in [1.54, 1.807) is 6.07 Å². The van der Waals surface area contributed by atoms with Crippen molar-refractivity contribution >= 4 is 21.6 Å². The van der Waals surface area contributed by atoms with Gasteiger partial charge in [0.2, 0.25) is 0 Å². The zero-order valence-electron chi connectivity index (χ0n) is 9.21. The van der Waals surface area contributed by atoms with Gasteiger partial charge in [0.25, 0.3) is 10.0 Å². The van der Waals surface area contributed by atoms with Crippen LogP contribution < -0.4 is 5.73 Å². The minimum absolute atomic E-state index is 0.0873. The predicted octanol–water partition coefficient (Wildman–Crippen LogP) is 0.847. The standard InChI is InChI=1S/C10H14ClN3O2S/c11-9-4-1-5-13-10(9)17(15,16)14-6-2-3-8(12)7-14/h1,4-5,8H,2-3,6-7,12H2/t8-/m0/s1. The molecule has 1 aliphatic rings. The van der Waals surface area contributed by atoms with Gasteiger partial charge in [-0.1, -0.05) is 11.6 Å². The largest absolute Gasteiger partial charge is 0.327 e. The number of hydrogen-bond donors (Lipinski definition) is 1. The van der Waals surface area contributed by atoms with Gasteiger partial charge >= 0.3 is 0 Å². The lowest BCUT2D eigenvalue weighted by Crippen LogP contribution is -2.45. The highest BCUT2D eigenvalue weighted by molar-refractivity contribution is 7.89. The summed E-state index contributed by atoms with van der Waals surface area (Å²) in [4.78, 5) is 3.85. The Labute approximate surface area is 106 Å². The summed E-state index contributed by atoms with van der Waals surface area (Å²) in [6.07, 6.45) is 3.04. The second kappa shape index (κ2) is 4.89. The van der Waals surface area contributed by atoms with E-state index >= 15 is 0 Å². The van der Waals surface area contributed by atoms with Gasteiger partial charge in [0.1, 0.15) is 0 Å². The first-order chi connectivity index (χ1) is 8.01. The third-order valence-electron chi connectivity index (χ3n) is 2.73. The molecule has 1 fully saturated rings. The summed E-state index contributed by atoms with van der Waals surface area (Å²) in [5.41, 5.74) is 5.78. The fraction of sp³-hybridized carbons (Fsp3) is 0.500. The first kappa shape index (κ1) is 12.8. The molecule has 0 spiro atoms. The molecule has 1 saturated heterocycles. The van der Waals surface area contributed by atoms with Gasteiger partial charge < -0.3 is 5.73 Å². The van der Waals surface area contributed by atoms with Gasteiger partial charge in [-0.15, -0.1) is 0 Å². The van der Waals surface area contributed by atoms with Crippen molar-refractivity contribution in [3.63, 3.8) is 0 Å². The van der Waals surface area contributed by atoms with E-state index in [0.29, 0.717) is 13.1 Å². The number of halogens is 1. The molecule has 0 unspecified atom stereocenters. The van der Waals surface area contributed by atoms with Crippen molar-refractivity contribution in [3.8, 4) is 0 Å². The molecule has 2 rings (SSSR count). The summed E-state index contributed by atoms with van der Waals surface area (Å²) in [5.74, 6) is 0. The summed E-state index contributed by atoms with van der Waals surface area (Å²) in [6, 6.07) is 3.01. The monoisotopic (exact) mass is 275 g/mol. The zero-order valence-corrected chi connectivity index (χ0v) is 10.8. The zero-order chi connectivity index (χ0) is 12.5. The smallest absolute Gasteiger partial charge is 0.262 e. The van der Waals surface area contributed by atoms with Gasteiger partial charge in [-0.25, -0.2) is 13.4 Å². The molecule has 94 valence electrons. The van der Waals surface area contributed by atoms with Crippen LogP contribution in [0.5, 0.6) is 0 Å². The van der Waals surface area contributed by atoms with Gasteiger partial charge in [0.15, 0.2) is 5.03 Å². The molecule has 1 aromatic rings. The van der Waals surface area contributed by atoms with Crippen LogP contribution in [0, 0.1) is 0 Å². The number of pyridine rings is 1. The van der Waals surface area contributed by atoms with E-state index in [0.717, 1.165) is 12.8 Å². The fourth-order valence-electron chi connectivity index (χ4n) is 1.88. The molecule has 0 radical (unpaired) electrons. The predicted molar refractivity (Wildman–Crippen MR) is 65.2 cm³/mol. The molecule has 1 aromatic heterocycles. The molecule has 1 aliphatic heterocycles. The van der Waals surface area contributed by atoms with Crippen molar-refractivity contribution < 1.29 is 8.42 Å². The minimum atomic E-state index is -3.62. The Balaban J connectivity index is 2.33. The second-order valence-electron chi connectivity index (χ2n) is 4.06. The number of rotatable bonds is 2. The summed E-state index contributed by atoms with van der Waals surface area (Å²) in [6.45, 7) is 0.804. The van der Waals surface area contributed by atoms with Crippen LogP contribution in [0.1, 0.15) is 12.8 Å². The molecule has 0 saturated carbocycles. The Bertz CT molecular complexity index is 506. The number of piperidine rings is 1. The van der Waals surface area contributed by atoms with Crippen molar-refractivity contribution in [1.82, 2.24) is 9.29 Å². The van der Waals surface area contributed by atoms with E-state index in [-0.39, 0.29) is 16.1 Å². The van der Waals surface area contributed by atoms with E-state index in [1.165, 1.54) is 16.6 Å². The summed E-state index contributed by atoms with van der Waals surface area (Å²) < 4.78 is 25.9. The molecule has 5 nitrogen and oxygen atoms in total. The molecule has 1 atom stereocenters. The van der Waals surface area contributed by atoms with Crippen molar-refractivity contribution in [2.24, 2.45) is 5.73 Å². The number of nitrogens with zero attached hydrogens (tertiary/aromatic N) is 2. The van der Waals surface area contributed by atoms with Gasteiger partial charge in [0.05, 0.1) is 5.02 Å².